The minimum absolute atomic E-state index is 0.0289. The van der Waals surface area contributed by atoms with Gasteiger partial charge < -0.3 is 0 Å². The normalized spacial score (nSPS) is 11.1. The first-order valence-corrected chi connectivity index (χ1v) is 10.7. The van der Waals surface area contributed by atoms with Crippen molar-refractivity contribution in [1.82, 2.24) is 14.5 Å². The van der Waals surface area contributed by atoms with Crippen molar-refractivity contribution >= 4 is 44.9 Å². The molecule has 3 aromatic heterocycles. The number of fused-ring (bicyclic) bond motifs is 1. The van der Waals surface area contributed by atoms with E-state index in [1.165, 1.54) is 11.3 Å². The molecule has 0 spiro atoms. The van der Waals surface area contributed by atoms with Crippen molar-refractivity contribution in [2.75, 3.05) is 0 Å². The molecule has 0 N–H and O–H groups in total. The number of thioether (sulfide) groups is 1. The Morgan fingerprint density at radius 1 is 1.04 bits per heavy atom. The fourth-order valence-corrected chi connectivity index (χ4v) is 4.64. The van der Waals surface area contributed by atoms with Crippen molar-refractivity contribution in [3.63, 3.8) is 0 Å². The van der Waals surface area contributed by atoms with E-state index in [9.17, 15) is 4.79 Å². The van der Waals surface area contributed by atoms with Crippen LogP contribution in [-0.2, 0) is 18.7 Å². The fourth-order valence-electron chi connectivity index (χ4n) is 2.75. The molecule has 3 heterocycles. The van der Waals surface area contributed by atoms with Crippen LogP contribution in [0.5, 0.6) is 0 Å². The standard InChI is InChI=1S/C20H16ClN3OS2/c21-16-3-1-14(2-4-16)7-11-24-19(25)18-17(8-12-26-18)23-20(24)27-13-15-5-9-22-10-6-15/h1-6,8-10,12H,7,11,13H2. The quantitative estimate of drug-likeness (QED) is 0.328. The zero-order chi connectivity index (χ0) is 18.6. The van der Waals surface area contributed by atoms with E-state index in [2.05, 4.69) is 4.98 Å². The molecule has 0 aliphatic heterocycles. The molecule has 136 valence electrons. The lowest BCUT2D eigenvalue weighted by Gasteiger charge is -2.12. The second-order valence-corrected chi connectivity index (χ2v) is 8.30. The maximum Gasteiger partial charge on any atom is 0.272 e. The van der Waals surface area contributed by atoms with Crippen LogP contribution in [0.1, 0.15) is 11.1 Å². The molecule has 4 nitrogen and oxygen atoms in total. The number of pyridine rings is 1. The summed E-state index contributed by atoms with van der Waals surface area (Å²) in [5.74, 6) is 0.742. The molecule has 1 aromatic carbocycles. The third-order valence-electron chi connectivity index (χ3n) is 4.19. The van der Waals surface area contributed by atoms with Gasteiger partial charge in [-0.15, -0.1) is 11.3 Å². The van der Waals surface area contributed by atoms with Crippen LogP contribution >= 0.6 is 34.7 Å². The van der Waals surface area contributed by atoms with Crippen molar-refractivity contribution in [3.05, 3.63) is 86.7 Å². The fraction of sp³-hybridized carbons (Fsp3) is 0.150. The summed E-state index contributed by atoms with van der Waals surface area (Å²) in [5.41, 5.74) is 3.09. The van der Waals surface area contributed by atoms with Gasteiger partial charge >= 0.3 is 0 Å². The first-order chi connectivity index (χ1) is 13.2. The second-order valence-electron chi connectivity index (χ2n) is 6.01. The van der Waals surface area contributed by atoms with Gasteiger partial charge in [-0.2, -0.15) is 0 Å². The molecule has 4 aromatic rings. The predicted molar refractivity (Wildman–Crippen MR) is 113 cm³/mol. The molecule has 0 amide bonds. The minimum Gasteiger partial charge on any atom is -0.286 e. The highest BCUT2D eigenvalue weighted by Crippen LogP contribution is 2.24. The van der Waals surface area contributed by atoms with Crippen LogP contribution in [0.2, 0.25) is 5.02 Å². The molecular weight excluding hydrogens is 398 g/mol. The minimum atomic E-state index is 0.0289. The molecule has 27 heavy (non-hydrogen) atoms. The van der Waals surface area contributed by atoms with Crippen molar-refractivity contribution < 1.29 is 0 Å². The van der Waals surface area contributed by atoms with Gasteiger partial charge in [-0.1, -0.05) is 35.5 Å². The Kier molecular flexibility index (Phi) is 5.57. The molecule has 7 heteroatoms. The molecule has 0 fully saturated rings. The average molecular weight is 414 g/mol. The number of halogens is 1. The Hall–Kier alpha value is -2.15. The molecule has 0 saturated heterocycles. The van der Waals surface area contributed by atoms with E-state index in [0.717, 1.165) is 34.0 Å². The molecule has 0 aliphatic carbocycles. The Morgan fingerprint density at radius 2 is 1.81 bits per heavy atom. The number of aryl methyl sites for hydroxylation is 1. The summed E-state index contributed by atoms with van der Waals surface area (Å²) < 4.78 is 2.50. The molecule has 0 unspecified atom stereocenters. The van der Waals surface area contributed by atoms with Crippen LogP contribution in [0, 0.1) is 0 Å². The number of hydrogen-bond donors (Lipinski definition) is 0. The van der Waals surface area contributed by atoms with E-state index in [-0.39, 0.29) is 5.56 Å². The van der Waals surface area contributed by atoms with Crippen LogP contribution < -0.4 is 5.56 Å². The summed E-state index contributed by atoms with van der Waals surface area (Å²) in [6.45, 7) is 0.583. The van der Waals surface area contributed by atoms with E-state index >= 15 is 0 Å². The molecular formula is C20H16ClN3OS2. The molecule has 0 radical (unpaired) electrons. The van der Waals surface area contributed by atoms with Gasteiger partial charge in [0.15, 0.2) is 5.16 Å². The predicted octanol–water partition coefficient (Wildman–Crippen LogP) is 5.04. The monoisotopic (exact) mass is 413 g/mol. The summed E-state index contributed by atoms with van der Waals surface area (Å²) in [4.78, 5) is 21.8. The van der Waals surface area contributed by atoms with Crippen molar-refractivity contribution in [3.8, 4) is 0 Å². The van der Waals surface area contributed by atoms with Gasteiger partial charge in [0, 0.05) is 29.7 Å². The molecule has 0 atom stereocenters. The largest absolute Gasteiger partial charge is 0.286 e. The zero-order valence-corrected chi connectivity index (χ0v) is 16.7. The second kappa shape index (κ2) is 8.25. The number of rotatable bonds is 6. The maximum absolute atomic E-state index is 13.0. The van der Waals surface area contributed by atoms with Crippen molar-refractivity contribution in [1.29, 1.82) is 0 Å². The molecule has 0 bridgehead atoms. The summed E-state index contributed by atoms with van der Waals surface area (Å²) in [6.07, 6.45) is 4.30. The van der Waals surface area contributed by atoms with E-state index < -0.39 is 0 Å². The smallest absolute Gasteiger partial charge is 0.272 e. The van der Waals surface area contributed by atoms with Gasteiger partial charge in [-0.3, -0.25) is 14.3 Å². The van der Waals surface area contributed by atoms with E-state index in [1.54, 1.807) is 28.7 Å². The average Bonchev–Trinajstić information content (AvgIpc) is 3.17. The molecule has 4 rings (SSSR count). The van der Waals surface area contributed by atoms with Gasteiger partial charge in [-0.05, 0) is 53.3 Å². The summed E-state index contributed by atoms with van der Waals surface area (Å²) >= 11 is 8.98. The maximum atomic E-state index is 13.0. The third-order valence-corrected chi connectivity index (χ3v) is 6.38. The van der Waals surface area contributed by atoms with E-state index in [4.69, 9.17) is 16.6 Å². The van der Waals surface area contributed by atoms with Crippen LogP contribution in [0.15, 0.2) is 70.2 Å². The topological polar surface area (TPSA) is 47.8 Å². The Bertz CT molecular complexity index is 1110. The lowest BCUT2D eigenvalue weighted by Crippen LogP contribution is -2.23. The highest BCUT2D eigenvalue weighted by atomic mass is 35.5. The lowest BCUT2D eigenvalue weighted by atomic mass is 10.1. The van der Waals surface area contributed by atoms with Crippen LogP contribution in [0.4, 0.5) is 0 Å². The molecule has 0 saturated carbocycles. The van der Waals surface area contributed by atoms with E-state index in [0.29, 0.717) is 16.3 Å². The SMILES string of the molecule is O=c1c2sccc2nc(SCc2ccncc2)n1CCc1ccc(Cl)cc1. The van der Waals surface area contributed by atoms with Gasteiger partial charge in [0.05, 0.1) is 5.52 Å². The summed E-state index contributed by atoms with van der Waals surface area (Å²) in [6, 6.07) is 13.6. The number of benzene rings is 1. The lowest BCUT2D eigenvalue weighted by molar-refractivity contribution is 0.596. The van der Waals surface area contributed by atoms with Crippen molar-refractivity contribution in [2.45, 2.75) is 23.9 Å². The van der Waals surface area contributed by atoms with Crippen LogP contribution in [-0.4, -0.2) is 14.5 Å². The van der Waals surface area contributed by atoms with Crippen LogP contribution in [0.3, 0.4) is 0 Å². The summed E-state index contributed by atoms with van der Waals surface area (Å²) in [5, 5.41) is 3.38. The van der Waals surface area contributed by atoms with E-state index in [1.807, 2.05) is 47.8 Å². The first kappa shape index (κ1) is 18.2. The highest BCUT2D eigenvalue weighted by Gasteiger charge is 2.13. The summed E-state index contributed by atoms with van der Waals surface area (Å²) in [7, 11) is 0. The highest BCUT2D eigenvalue weighted by molar-refractivity contribution is 7.98. The Balaban J connectivity index is 1.63. The Morgan fingerprint density at radius 3 is 2.59 bits per heavy atom. The number of nitrogens with zero attached hydrogens (tertiary/aromatic N) is 3. The first-order valence-electron chi connectivity index (χ1n) is 8.45. The number of aromatic nitrogens is 3. The van der Waals surface area contributed by atoms with Gasteiger partial charge in [0.2, 0.25) is 0 Å². The number of hydrogen-bond acceptors (Lipinski definition) is 5. The van der Waals surface area contributed by atoms with Crippen molar-refractivity contribution in [2.24, 2.45) is 0 Å². The number of thiophene rings is 1. The van der Waals surface area contributed by atoms with Gasteiger partial charge in [0.25, 0.3) is 5.56 Å². The van der Waals surface area contributed by atoms with Gasteiger partial charge in [0.1, 0.15) is 4.70 Å². The van der Waals surface area contributed by atoms with Crippen LogP contribution in [0.25, 0.3) is 10.2 Å². The third kappa shape index (κ3) is 4.24. The zero-order valence-electron chi connectivity index (χ0n) is 14.3. The van der Waals surface area contributed by atoms with Gasteiger partial charge in [-0.25, -0.2) is 4.98 Å². The Labute approximate surface area is 169 Å². The molecule has 0 aliphatic rings.